The van der Waals surface area contributed by atoms with Crippen LogP contribution in [0.4, 0.5) is 10.5 Å². The van der Waals surface area contributed by atoms with Gasteiger partial charge in [-0.25, -0.2) is 4.79 Å². The molecule has 0 aromatic heterocycles. The van der Waals surface area contributed by atoms with Gasteiger partial charge in [-0.05, 0) is 43.5 Å². The number of urea groups is 1. The van der Waals surface area contributed by atoms with Crippen LogP contribution in [0.3, 0.4) is 0 Å². The molecular weight excluding hydrogens is 272 g/mol. The maximum Gasteiger partial charge on any atom is 0.325 e. The van der Waals surface area contributed by atoms with E-state index in [1.807, 2.05) is 46.2 Å². The number of rotatable bonds is 2. The fourth-order valence-electron chi connectivity index (χ4n) is 3.03. The lowest BCUT2D eigenvalue weighted by atomic mass is 10.0. The lowest BCUT2D eigenvalue weighted by Crippen LogP contribution is -2.48. The number of anilines is 1. The van der Waals surface area contributed by atoms with Gasteiger partial charge in [-0.1, -0.05) is 42.5 Å². The van der Waals surface area contributed by atoms with Crippen molar-refractivity contribution in [2.75, 3.05) is 11.4 Å². The Morgan fingerprint density at radius 1 is 1.00 bits per heavy atom. The van der Waals surface area contributed by atoms with E-state index in [-0.39, 0.29) is 12.1 Å². The van der Waals surface area contributed by atoms with E-state index in [0.29, 0.717) is 6.54 Å². The number of nitrogens with zero attached hydrogens (tertiary/aromatic N) is 2. The van der Waals surface area contributed by atoms with Crippen LogP contribution in [0.5, 0.6) is 0 Å². The maximum absolute atomic E-state index is 13.0. The number of benzene rings is 2. The van der Waals surface area contributed by atoms with E-state index in [2.05, 4.69) is 32.0 Å². The Morgan fingerprint density at radius 2 is 1.64 bits per heavy atom. The lowest BCUT2D eigenvalue weighted by molar-refractivity contribution is 0.197. The predicted octanol–water partition coefficient (Wildman–Crippen LogP) is 4.08. The van der Waals surface area contributed by atoms with E-state index in [0.717, 1.165) is 18.7 Å². The molecular formula is C19H22N2O. The second-order valence-electron chi connectivity index (χ2n) is 6.02. The molecule has 1 aliphatic heterocycles. The molecule has 0 atom stereocenters. The second-order valence-corrected chi connectivity index (χ2v) is 6.02. The minimum absolute atomic E-state index is 0.0932. The van der Waals surface area contributed by atoms with Gasteiger partial charge in [-0.2, -0.15) is 0 Å². The fraction of sp³-hybridized carbons (Fsp3) is 0.316. The molecule has 2 aromatic carbocycles. The number of carbonyl (C=O) groups excluding carboxylic acids is 1. The van der Waals surface area contributed by atoms with Crippen LogP contribution in [0.1, 0.15) is 25.0 Å². The Hall–Kier alpha value is -2.29. The van der Waals surface area contributed by atoms with E-state index >= 15 is 0 Å². The summed E-state index contributed by atoms with van der Waals surface area (Å²) in [7, 11) is 0. The van der Waals surface area contributed by atoms with Gasteiger partial charge in [0.25, 0.3) is 0 Å². The maximum atomic E-state index is 13.0. The number of para-hydroxylation sites is 1. The Labute approximate surface area is 132 Å². The Bertz CT molecular complexity index is 651. The van der Waals surface area contributed by atoms with Crippen LogP contribution in [-0.2, 0) is 13.0 Å². The van der Waals surface area contributed by atoms with Gasteiger partial charge in [-0.3, -0.25) is 4.90 Å². The smallest absolute Gasteiger partial charge is 0.320 e. The van der Waals surface area contributed by atoms with E-state index in [1.165, 1.54) is 11.1 Å². The van der Waals surface area contributed by atoms with E-state index < -0.39 is 0 Å². The molecule has 0 saturated heterocycles. The monoisotopic (exact) mass is 294 g/mol. The third kappa shape index (κ3) is 2.84. The standard InChI is InChI=1S/C19H22N2O/c1-15(2)21(18-10-4-3-5-11-18)19(22)20-13-12-16-8-6-7-9-17(16)14-20/h3-11,15H,12-14H2,1-2H3. The molecule has 0 radical (unpaired) electrons. The Morgan fingerprint density at radius 3 is 2.32 bits per heavy atom. The quantitative estimate of drug-likeness (QED) is 0.818. The average Bonchev–Trinajstić information content (AvgIpc) is 2.55. The molecule has 0 aliphatic carbocycles. The molecule has 0 bridgehead atoms. The molecule has 0 spiro atoms. The zero-order valence-electron chi connectivity index (χ0n) is 13.2. The van der Waals surface area contributed by atoms with Crippen LogP contribution >= 0.6 is 0 Å². The second kappa shape index (κ2) is 6.22. The van der Waals surface area contributed by atoms with Gasteiger partial charge in [0.15, 0.2) is 0 Å². The van der Waals surface area contributed by atoms with Crippen molar-refractivity contribution in [1.29, 1.82) is 0 Å². The van der Waals surface area contributed by atoms with Crippen LogP contribution in [-0.4, -0.2) is 23.5 Å². The van der Waals surface area contributed by atoms with Crippen LogP contribution in [0, 0.1) is 0 Å². The molecule has 2 amide bonds. The summed E-state index contributed by atoms with van der Waals surface area (Å²) in [6.45, 7) is 5.60. The molecule has 3 heteroatoms. The highest BCUT2D eigenvalue weighted by Crippen LogP contribution is 2.23. The van der Waals surface area contributed by atoms with Crippen LogP contribution in [0.2, 0.25) is 0 Å². The topological polar surface area (TPSA) is 23.6 Å². The van der Waals surface area contributed by atoms with E-state index in [4.69, 9.17) is 0 Å². The van der Waals surface area contributed by atoms with Crippen molar-refractivity contribution < 1.29 is 4.79 Å². The van der Waals surface area contributed by atoms with Crippen molar-refractivity contribution in [3.05, 3.63) is 65.7 Å². The van der Waals surface area contributed by atoms with Gasteiger partial charge in [0, 0.05) is 24.8 Å². The van der Waals surface area contributed by atoms with Crippen molar-refractivity contribution in [2.45, 2.75) is 32.9 Å². The van der Waals surface area contributed by atoms with Gasteiger partial charge in [0.1, 0.15) is 0 Å². The number of carbonyl (C=O) groups is 1. The molecule has 1 aliphatic rings. The first-order chi connectivity index (χ1) is 10.7. The summed E-state index contributed by atoms with van der Waals surface area (Å²) >= 11 is 0. The van der Waals surface area contributed by atoms with Gasteiger partial charge >= 0.3 is 6.03 Å². The van der Waals surface area contributed by atoms with Gasteiger partial charge in [-0.15, -0.1) is 0 Å². The normalized spacial score (nSPS) is 13.9. The molecule has 3 nitrogen and oxygen atoms in total. The average molecular weight is 294 g/mol. The minimum Gasteiger partial charge on any atom is -0.320 e. The Kier molecular flexibility index (Phi) is 4.14. The fourth-order valence-corrected chi connectivity index (χ4v) is 3.03. The zero-order chi connectivity index (χ0) is 15.5. The van der Waals surface area contributed by atoms with Gasteiger partial charge in [0.2, 0.25) is 0 Å². The first kappa shape index (κ1) is 14.6. The summed E-state index contributed by atoms with van der Waals surface area (Å²) in [4.78, 5) is 16.8. The molecule has 114 valence electrons. The molecule has 22 heavy (non-hydrogen) atoms. The third-order valence-corrected chi connectivity index (χ3v) is 4.16. The van der Waals surface area contributed by atoms with Crippen LogP contribution in [0.25, 0.3) is 0 Å². The van der Waals surface area contributed by atoms with E-state index in [9.17, 15) is 4.79 Å². The van der Waals surface area contributed by atoms with Gasteiger partial charge < -0.3 is 4.90 Å². The van der Waals surface area contributed by atoms with Gasteiger partial charge in [0.05, 0.1) is 0 Å². The SMILES string of the molecule is CC(C)N(C(=O)N1CCc2ccccc2C1)c1ccccc1. The van der Waals surface area contributed by atoms with Crippen molar-refractivity contribution in [3.8, 4) is 0 Å². The highest BCUT2D eigenvalue weighted by atomic mass is 16.2. The van der Waals surface area contributed by atoms with Crippen molar-refractivity contribution >= 4 is 11.7 Å². The summed E-state index contributed by atoms with van der Waals surface area (Å²) < 4.78 is 0. The predicted molar refractivity (Wildman–Crippen MR) is 90.0 cm³/mol. The molecule has 0 N–H and O–H groups in total. The molecule has 1 heterocycles. The summed E-state index contributed by atoms with van der Waals surface area (Å²) in [5.74, 6) is 0. The number of fused-ring (bicyclic) bond motifs is 1. The minimum atomic E-state index is 0.0932. The van der Waals surface area contributed by atoms with Crippen molar-refractivity contribution in [3.63, 3.8) is 0 Å². The molecule has 0 fully saturated rings. The lowest BCUT2D eigenvalue weighted by Gasteiger charge is -2.36. The van der Waals surface area contributed by atoms with Crippen molar-refractivity contribution in [2.24, 2.45) is 0 Å². The van der Waals surface area contributed by atoms with Crippen LogP contribution < -0.4 is 4.90 Å². The summed E-state index contributed by atoms with van der Waals surface area (Å²) in [6.07, 6.45) is 0.933. The largest absolute Gasteiger partial charge is 0.325 e. The zero-order valence-corrected chi connectivity index (χ0v) is 13.2. The molecule has 3 rings (SSSR count). The van der Waals surface area contributed by atoms with E-state index in [1.54, 1.807) is 0 Å². The molecule has 0 unspecified atom stereocenters. The van der Waals surface area contributed by atoms with Crippen molar-refractivity contribution in [1.82, 2.24) is 4.90 Å². The third-order valence-electron chi connectivity index (χ3n) is 4.16. The first-order valence-electron chi connectivity index (χ1n) is 7.87. The molecule has 0 saturated carbocycles. The summed E-state index contributed by atoms with van der Waals surface area (Å²) in [5, 5.41) is 0. The first-order valence-corrected chi connectivity index (χ1v) is 7.87. The highest BCUT2D eigenvalue weighted by molar-refractivity contribution is 5.92. The molecule has 2 aromatic rings. The van der Waals surface area contributed by atoms with Crippen LogP contribution in [0.15, 0.2) is 54.6 Å². The summed E-state index contributed by atoms with van der Waals surface area (Å²) in [5.41, 5.74) is 3.59. The highest BCUT2D eigenvalue weighted by Gasteiger charge is 2.27. The number of hydrogen-bond donors (Lipinski definition) is 0. The number of amides is 2. The summed E-state index contributed by atoms with van der Waals surface area (Å²) in [6, 6.07) is 18.5. The Balaban J connectivity index is 1.83. The number of hydrogen-bond acceptors (Lipinski definition) is 1.